The Balaban J connectivity index is 2.01. The maximum Gasteiger partial charge on any atom is 0.287 e. The van der Waals surface area contributed by atoms with Gasteiger partial charge >= 0.3 is 0 Å². The predicted octanol–water partition coefficient (Wildman–Crippen LogP) is 3.26. The van der Waals surface area contributed by atoms with E-state index in [0.29, 0.717) is 5.39 Å². The van der Waals surface area contributed by atoms with Crippen LogP contribution in [0.1, 0.15) is 16.8 Å². The van der Waals surface area contributed by atoms with Crippen molar-refractivity contribution in [2.45, 2.75) is 25.0 Å². The second-order valence-electron chi connectivity index (χ2n) is 5.43. The molecular weight excluding hydrogens is 328 g/mol. The van der Waals surface area contributed by atoms with Crippen molar-refractivity contribution in [2.24, 2.45) is 5.10 Å². The second kappa shape index (κ2) is 5.86. The minimum Gasteiger partial charge on any atom is -0.364 e. The number of nitrogens with zero attached hydrogens (tertiary/aromatic N) is 2. The van der Waals surface area contributed by atoms with Crippen molar-refractivity contribution in [3.63, 3.8) is 0 Å². The molecular formula is C16H12F4N2O2. The maximum atomic E-state index is 13.2. The summed E-state index contributed by atoms with van der Waals surface area (Å²) in [6, 6.07) is 11.4. The normalized spacial score (nSPS) is 21.0. The zero-order valence-corrected chi connectivity index (χ0v) is 12.2. The summed E-state index contributed by atoms with van der Waals surface area (Å²) in [7, 11) is 0. The average molecular weight is 340 g/mol. The minimum absolute atomic E-state index is 0.0351. The van der Waals surface area contributed by atoms with Gasteiger partial charge in [0.25, 0.3) is 18.8 Å². The van der Waals surface area contributed by atoms with Crippen LogP contribution in [0.25, 0.3) is 10.8 Å². The van der Waals surface area contributed by atoms with Crippen molar-refractivity contribution in [1.29, 1.82) is 0 Å². The lowest BCUT2D eigenvalue weighted by Gasteiger charge is -2.30. The first-order valence-electron chi connectivity index (χ1n) is 7.02. The molecule has 0 spiro atoms. The molecule has 0 unspecified atom stereocenters. The number of halogens is 4. The molecule has 1 amide bonds. The van der Waals surface area contributed by atoms with Crippen molar-refractivity contribution >= 4 is 22.4 Å². The molecule has 1 atom stereocenters. The minimum atomic E-state index is -3.44. The third-order valence-corrected chi connectivity index (χ3v) is 3.83. The van der Waals surface area contributed by atoms with E-state index in [1.165, 1.54) is 12.1 Å². The number of hydrazone groups is 1. The van der Waals surface area contributed by atoms with E-state index in [0.717, 1.165) is 5.39 Å². The van der Waals surface area contributed by atoms with Crippen LogP contribution in [0.2, 0.25) is 0 Å². The SMILES string of the molecule is O=C(c1ccc2ccccc2c1)N1N=C(C(F)F)C[C@@]1(O)C(F)F. The molecule has 0 fully saturated rings. The summed E-state index contributed by atoms with van der Waals surface area (Å²) in [5.41, 5.74) is -4.06. The van der Waals surface area contributed by atoms with Gasteiger partial charge in [0, 0.05) is 12.0 Å². The van der Waals surface area contributed by atoms with Gasteiger partial charge in [0.2, 0.25) is 5.72 Å². The fraction of sp³-hybridized carbons (Fsp3) is 0.250. The Bertz CT molecular complexity index is 825. The van der Waals surface area contributed by atoms with Gasteiger partial charge < -0.3 is 5.11 Å². The molecule has 2 aromatic carbocycles. The number of fused-ring (bicyclic) bond motifs is 1. The van der Waals surface area contributed by atoms with Crippen LogP contribution in [-0.2, 0) is 0 Å². The Morgan fingerprint density at radius 1 is 1.12 bits per heavy atom. The molecule has 1 aliphatic rings. The molecule has 0 bridgehead atoms. The molecule has 1 aliphatic heterocycles. The molecule has 0 aliphatic carbocycles. The molecule has 4 nitrogen and oxygen atoms in total. The molecule has 0 saturated carbocycles. The van der Waals surface area contributed by atoms with E-state index >= 15 is 0 Å². The number of amides is 1. The van der Waals surface area contributed by atoms with E-state index in [-0.39, 0.29) is 10.6 Å². The van der Waals surface area contributed by atoms with Gasteiger partial charge in [0.15, 0.2) is 0 Å². The molecule has 0 radical (unpaired) electrons. The van der Waals surface area contributed by atoms with Gasteiger partial charge in [-0.3, -0.25) is 4.79 Å². The summed E-state index contributed by atoms with van der Waals surface area (Å²) in [4.78, 5) is 12.5. The molecule has 126 valence electrons. The summed E-state index contributed by atoms with van der Waals surface area (Å²) < 4.78 is 51.9. The van der Waals surface area contributed by atoms with Crippen LogP contribution in [-0.4, -0.2) is 40.3 Å². The van der Waals surface area contributed by atoms with Crippen LogP contribution in [0.5, 0.6) is 0 Å². The molecule has 0 aromatic heterocycles. The van der Waals surface area contributed by atoms with Gasteiger partial charge in [0.1, 0.15) is 5.71 Å². The summed E-state index contributed by atoms with van der Waals surface area (Å²) >= 11 is 0. The molecule has 3 rings (SSSR count). The fourth-order valence-corrected chi connectivity index (χ4v) is 2.55. The van der Waals surface area contributed by atoms with Crippen LogP contribution in [0, 0.1) is 0 Å². The highest BCUT2D eigenvalue weighted by atomic mass is 19.3. The van der Waals surface area contributed by atoms with Gasteiger partial charge in [-0.15, -0.1) is 0 Å². The van der Waals surface area contributed by atoms with Crippen LogP contribution in [0.3, 0.4) is 0 Å². The number of carbonyl (C=O) groups is 1. The number of benzene rings is 2. The van der Waals surface area contributed by atoms with Crippen molar-refractivity contribution in [1.82, 2.24) is 5.01 Å². The number of carbonyl (C=O) groups excluding carboxylic acids is 1. The zero-order valence-electron chi connectivity index (χ0n) is 12.2. The van der Waals surface area contributed by atoms with E-state index < -0.39 is 36.6 Å². The van der Waals surface area contributed by atoms with Gasteiger partial charge in [0.05, 0.1) is 0 Å². The Labute approximate surface area is 134 Å². The highest BCUT2D eigenvalue weighted by Gasteiger charge is 2.53. The lowest BCUT2D eigenvalue weighted by molar-refractivity contribution is -0.164. The quantitative estimate of drug-likeness (QED) is 0.872. The molecule has 1 N–H and O–H groups in total. The van der Waals surface area contributed by atoms with Gasteiger partial charge in [-0.1, -0.05) is 30.3 Å². The Morgan fingerprint density at radius 2 is 1.79 bits per heavy atom. The van der Waals surface area contributed by atoms with Crippen molar-refractivity contribution in [3.8, 4) is 0 Å². The third kappa shape index (κ3) is 2.62. The Hall–Kier alpha value is -2.48. The number of alkyl halides is 4. The van der Waals surface area contributed by atoms with Gasteiger partial charge in [-0.2, -0.15) is 10.1 Å². The number of aliphatic hydroxyl groups is 1. The zero-order chi connectivity index (χ0) is 17.5. The first-order chi connectivity index (χ1) is 11.3. The van der Waals surface area contributed by atoms with Crippen molar-refractivity contribution < 1.29 is 27.5 Å². The summed E-state index contributed by atoms with van der Waals surface area (Å²) in [5.74, 6) is -1.07. The molecule has 8 heteroatoms. The standard InChI is InChI=1S/C16H12F4N2O2/c17-13(18)12-8-16(24,15(19)20)22(21-12)14(23)11-6-5-9-3-1-2-4-10(9)7-11/h1-7,13,15,24H,8H2/t16-/m1/s1. The predicted molar refractivity (Wildman–Crippen MR) is 79.1 cm³/mol. The summed E-state index contributed by atoms with van der Waals surface area (Å²) in [5, 5.41) is 14.8. The topological polar surface area (TPSA) is 52.9 Å². The molecule has 1 heterocycles. The lowest BCUT2D eigenvalue weighted by Crippen LogP contribution is -2.51. The van der Waals surface area contributed by atoms with Crippen LogP contribution < -0.4 is 0 Å². The van der Waals surface area contributed by atoms with Gasteiger partial charge in [-0.25, -0.2) is 17.6 Å². The highest BCUT2D eigenvalue weighted by molar-refractivity contribution is 6.01. The van der Waals surface area contributed by atoms with E-state index in [1.54, 1.807) is 30.3 Å². The van der Waals surface area contributed by atoms with E-state index in [1.807, 2.05) is 0 Å². The Kier molecular flexibility index (Phi) is 4.00. The molecule has 24 heavy (non-hydrogen) atoms. The first-order valence-corrected chi connectivity index (χ1v) is 7.02. The number of rotatable bonds is 3. The largest absolute Gasteiger partial charge is 0.364 e. The smallest absolute Gasteiger partial charge is 0.287 e. The fourth-order valence-electron chi connectivity index (χ4n) is 2.55. The molecule has 2 aromatic rings. The van der Waals surface area contributed by atoms with E-state index in [2.05, 4.69) is 5.10 Å². The maximum absolute atomic E-state index is 13.2. The van der Waals surface area contributed by atoms with Crippen LogP contribution >= 0.6 is 0 Å². The van der Waals surface area contributed by atoms with Gasteiger partial charge in [-0.05, 0) is 22.9 Å². The second-order valence-corrected chi connectivity index (χ2v) is 5.43. The van der Waals surface area contributed by atoms with E-state index in [9.17, 15) is 27.5 Å². The monoisotopic (exact) mass is 340 g/mol. The van der Waals surface area contributed by atoms with Crippen LogP contribution in [0.4, 0.5) is 17.6 Å². The third-order valence-electron chi connectivity index (χ3n) is 3.83. The van der Waals surface area contributed by atoms with Crippen LogP contribution in [0.15, 0.2) is 47.6 Å². The number of hydrogen-bond acceptors (Lipinski definition) is 3. The number of hydrogen-bond donors (Lipinski definition) is 1. The summed E-state index contributed by atoms with van der Waals surface area (Å²) in [6.45, 7) is 0. The van der Waals surface area contributed by atoms with E-state index in [4.69, 9.17) is 0 Å². The first kappa shape index (κ1) is 16.4. The van der Waals surface area contributed by atoms with Crippen molar-refractivity contribution in [3.05, 3.63) is 48.0 Å². The summed E-state index contributed by atoms with van der Waals surface area (Å²) in [6.07, 6.45) is -7.67. The molecule has 0 saturated heterocycles. The Morgan fingerprint density at radius 3 is 2.42 bits per heavy atom. The average Bonchev–Trinajstić information content (AvgIpc) is 2.93. The lowest BCUT2D eigenvalue weighted by atomic mass is 10.0. The van der Waals surface area contributed by atoms with Crippen molar-refractivity contribution in [2.75, 3.05) is 0 Å². The highest BCUT2D eigenvalue weighted by Crippen LogP contribution is 2.34.